The molecule has 1 aliphatic rings. The van der Waals surface area contributed by atoms with E-state index < -0.39 is 12.1 Å². The Morgan fingerprint density at radius 3 is 2.27 bits per heavy atom. The number of aromatic nitrogens is 2. The van der Waals surface area contributed by atoms with Crippen LogP contribution in [0.2, 0.25) is 0 Å². The van der Waals surface area contributed by atoms with Crippen LogP contribution in [0.5, 0.6) is 0 Å². The molecule has 0 radical (unpaired) electrons. The van der Waals surface area contributed by atoms with Crippen molar-refractivity contribution in [1.82, 2.24) is 20.8 Å². The van der Waals surface area contributed by atoms with Crippen molar-refractivity contribution in [3.8, 4) is 0 Å². The van der Waals surface area contributed by atoms with Crippen molar-refractivity contribution >= 4 is 34.3 Å². The summed E-state index contributed by atoms with van der Waals surface area (Å²) in [6.45, 7) is 5.04. The second-order valence-electron chi connectivity index (χ2n) is 10.7. The molecule has 13 heteroatoms. The van der Waals surface area contributed by atoms with E-state index >= 15 is 0 Å². The van der Waals surface area contributed by atoms with Crippen molar-refractivity contribution in [2.75, 3.05) is 11.9 Å². The number of aryl methyl sites for hydroxylation is 1. The summed E-state index contributed by atoms with van der Waals surface area (Å²) in [6, 6.07) is 19.8. The molecule has 1 aliphatic heterocycles. The van der Waals surface area contributed by atoms with Gasteiger partial charge in [-0.15, -0.1) is 10.2 Å². The molecular formula is C31H36F3N5O4S. The minimum atomic E-state index is -5.08. The van der Waals surface area contributed by atoms with E-state index in [-0.39, 0.29) is 29.3 Å². The zero-order valence-corrected chi connectivity index (χ0v) is 25.3. The molecule has 236 valence electrons. The van der Waals surface area contributed by atoms with Gasteiger partial charge in [-0.1, -0.05) is 84.5 Å². The second-order valence-corrected chi connectivity index (χ2v) is 11.7. The summed E-state index contributed by atoms with van der Waals surface area (Å²) in [4.78, 5) is 34.5. The lowest BCUT2D eigenvalue weighted by Crippen LogP contribution is -2.49. The predicted octanol–water partition coefficient (Wildman–Crippen LogP) is 5.25. The molecule has 0 aliphatic carbocycles. The van der Waals surface area contributed by atoms with Crippen LogP contribution < -0.4 is 16.0 Å². The third-order valence-corrected chi connectivity index (χ3v) is 8.11. The molecule has 2 atom stereocenters. The number of hydrogen-bond donors (Lipinski definition) is 4. The summed E-state index contributed by atoms with van der Waals surface area (Å²) in [6.07, 6.45) is 2.63. The highest BCUT2D eigenvalue weighted by Gasteiger charge is 2.38. The zero-order chi connectivity index (χ0) is 32.2. The van der Waals surface area contributed by atoms with Crippen LogP contribution in [-0.2, 0) is 26.2 Å². The number of carbonyl (C=O) groups excluding carboxylic acids is 2. The van der Waals surface area contributed by atoms with Crippen molar-refractivity contribution < 1.29 is 32.7 Å². The summed E-state index contributed by atoms with van der Waals surface area (Å²) in [7, 11) is 0. The van der Waals surface area contributed by atoms with E-state index in [0.717, 1.165) is 42.8 Å². The number of halogens is 3. The number of nitrogens with zero attached hydrogens (tertiary/aromatic N) is 2. The molecule has 9 nitrogen and oxygen atoms in total. The van der Waals surface area contributed by atoms with Gasteiger partial charge in [0.25, 0.3) is 0 Å². The molecule has 4 rings (SSSR count). The molecule has 3 aromatic rings. The summed E-state index contributed by atoms with van der Waals surface area (Å²) >= 11 is 1.37. The summed E-state index contributed by atoms with van der Waals surface area (Å²) < 4.78 is 31.7. The molecule has 2 heterocycles. The lowest BCUT2D eigenvalue weighted by Gasteiger charge is -2.25. The van der Waals surface area contributed by atoms with Gasteiger partial charge in [0.1, 0.15) is 5.01 Å². The number of amides is 2. The Hall–Kier alpha value is -4.10. The van der Waals surface area contributed by atoms with Gasteiger partial charge in [0, 0.05) is 17.5 Å². The molecule has 0 unspecified atom stereocenters. The first-order chi connectivity index (χ1) is 20.9. The van der Waals surface area contributed by atoms with Gasteiger partial charge in [-0.05, 0) is 57.2 Å². The zero-order valence-electron chi connectivity index (χ0n) is 24.4. The Morgan fingerprint density at radius 2 is 1.68 bits per heavy atom. The minimum Gasteiger partial charge on any atom is -0.475 e. The fourth-order valence-corrected chi connectivity index (χ4v) is 5.27. The SMILES string of the molecule is CC(C)(c1ccccc1)c1nnc(NC(=O)/C=C/[C@H](CCc2ccccc2)NC(=O)[C@@H]2CCCCN2)s1.O=C(O)C(F)(F)F. The molecule has 0 spiro atoms. The number of piperidine rings is 1. The van der Waals surface area contributed by atoms with E-state index in [0.29, 0.717) is 11.6 Å². The standard InChI is InChI=1S/C29H35N5O2S.C2HF3O2/c1-29(2,22-13-7-4-8-14-22)27-33-34-28(37-27)32-25(35)19-18-23(17-16-21-11-5-3-6-12-21)31-26(36)24-15-9-10-20-30-24;3-2(4,5)1(6)7/h3-8,11-14,18-19,23-24,30H,9-10,15-17,20H2,1-2H3,(H,31,36)(H,32,34,35);(H,6,7)/b19-18+;/t23-,24-;/m0./s1. The van der Waals surface area contributed by atoms with Gasteiger partial charge in [-0.3, -0.25) is 14.9 Å². The lowest BCUT2D eigenvalue weighted by molar-refractivity contribution is -0.192. The minimum absolute atomic E-state index is 0.0141. The molecule has 1 fully saturated rings. The van der Waals surface area contributed by atoms with E-state index in [1.807, 2.05) is 36.4 Å². The van der Waals surface area contributed by atoms with Crippen LogP contribution in [0.25, 0.3) is 0 Å². The van der Waals surface area contributed by atoms with Crippen LogP contribution in [0.3, 0.4) is 0 Å². The summed E-state index contributed by atoms with van der Waals surface area (Å²) in [5, 5.41) is 26.2. The Balaban J connectivity index is 0.000000676. The molecular weight excluding hydrogens is 595 g/mol. The van der Waals surface area contributed by atoms with Crippen LogP contribution >= 0.6 is 11.3 Å². The normalized spacial score (nSPS) is 16.0. The maximum absolute atomic E-state index is 12.8. The number of hydrogen-bond acceptors (Lipinski definition) is 7. The van der Waals surface area contributed by atoms with Gasteiger partial charge in [0.15, 0.2) is 0 Å². The average Bonchev–Trinajstić information content (AvgIpc) is 3.49. The number of nitrogens with one attached hydrogen (secondary N) is 3. The predicted molar refractivity (Wildman–Crippen MR) is 162 cm³/mol. The number of alkyl halides is 3. The van der Waals surface area contributed by atoms with Crippen molar-refractivity contribution in [3.05, 3.63) is 89.0 Å². The van der Waals surface area contributed by atoms with Crippen molar-refractivity contribution in [3.63, 3.8) is 0 Å². The van der Waals surface area contributed by atoms with Gasteiger partial charge < -0.3 is 15.7 Å². The number of aliphatic carboxylic acids is 1. The molecule has 0 bridgehead atoms. The molecule has 44 heavy (non-hydrogen) atoms. The maximum Gasteiger partial charge on any atom is 0.490 e. The molecule has 2 amide bonds. The van der Waals surface area contributed by atoms with Crippen LogP contribution in [0.1, 0.15) is 55.7 Å². The van der Waals surface area contributed by atoms with Gasteiger partial charge in [0.05, 0.1) is 6.04 Å². The monoisotopic (exact) mass is 631 g/mol. The number of carboxylic acid groups (broad SMARTS) is 1. The summed E-state index contributed by atoms with van der Waals surface area (Å²) in [5.41, 5.74) is 2.00. The van der Waals surface area contributed by atoms with Gasteiger partial charge in [0.2, 0.25) is 16.9 Å². The van der Waals surface area contributed by atoms with E-state index in [1.165, 1.54) is 23.0 Å². The second kappa shape index (κ2) is 16.1. The fourth-order valence-electron chi connectivity index (χ4n) is 4.40. The quantitative estimate of drug-likeness (QED) is 0.225. The first-order valence-electron chi connectivity index (χ1n) is 14.1. The molecule has 1 aromatic heterocycles. The van der Waals surface area contributed by atoms with E-state index in [4.69, 9.17) is 9.90 Å². The number of carboxylic acids is 1. The van der Waals surface area contributed by atoms with E-state index in [1.54, 1.807) is 6.08 Å². The van der Waals surface area contributed by atoms with Gasteiger partial charge in [-0.25, -0.2) is 4.79 Å². The van der Waals surface area contributed by atoms with E-state index in [9.17, 15) is 22.8 Å². The summed E-state index contributed by atoms with van der Waals surface area (Å²) in [5.74, 6) is -3.07. The molecule has 1 saturated heterocycles. The Bertz CT molecular complexity index is 1390. The highest BCUT2D eigenvalue weighted by molar-refractivity contribution is 7.15. The fraction of sp³-hybridized carbons (Fsp3) is 0.387. The van der Waals surface area contributed by atoms with Crippen LogP contribution in [0.15, 0.2) is 72.8 Å². The number of rotatable bonds is 10. The Morgan fingerprint density at radius 1 is 1.05 bits per heavy atom. The highest BCUT2D eigenvalue weighted by Crippen LogP contribution is 2.34. The average molecular weight is 632 g/mol. The third-order valence-electron chi connectivity index (χ3n) is 6.95. The van der Waals surface area contributed by atoms with Crippen molar-refractivity contribution in [2.45, 2.75) is 69.6 Å². The van der Waals surface area contributed by atoms with Crippen molar-refractivity contribution in [2.24, 2.45) is 0 Å². The number of carbonyl (C=O) groups is 3. The van der Waals surface area contributed by atoms with Crippen LogP contribution in [0, 0.1) is 0 Å². The van der Waals surface area contributed by atoms with Crippen LogP contribution in [-0.4, -0.2) is 57.9 Å². The van der Waals surface area contributed by atoms with Gasteiger partial charge >= 0.3 is 12.1 Å². The van der Waals surface area contributed by atoms with Crippen molar-refractivity contribution in [1.29, 1.82) is 0 Å². The largest absolute Gasteiger partial charge is 0.490 e. The number of benzene rings is 2. The first kappa shape index (κ1) is 34.4. The Kier molecular flexibility index (Phi) is 12.6. The van der Waals surface area contributed by atoms with Crippen LogP contribution in [0.4, 0.5) is 18.3 Å². The lowest BCUT2D eigenvalue weighted by atomic mass is 9.85. The molecule has 0 saturated carbocycles. The Labute approximate surface area is 258 Å². The van der Waals surface area contributed by atoms with Gasteiger partial charge in [-0.2, -0.15) is 13.2 Å². The topological polar surface area (TPSA) is 133 Å². The smallest absolute Gasteiger partial charge is 0.475 e. The third kappa shape index (κ3) is 10.9. The maximum atomic E-state index is 12.8. The molecule has 2 aromatic carbocycles. The highest BCUT2D eigenvalue weighted by atomic mass is 32.1. The van der Waals surface area contributed by atoms with E-state index in [2.05, 4.69) is 64.3 Å². The first-order valence-corrected chi connectivity index (χ1v) is 14.9. The molecule has 4 N–H and O–H groups in total. The number of anilines is 1.